The predicted octanol–water partition coefficient (Wildman–Crippen LogP) is 1.52. The van der Waals surface area contributed by atoms with Crippen LogP contribution in [0.1, 0.15) is 24.2 Å². The molecular weight excluding hydrogens is 258 g/mol. The van der Waals surface area contributed by atoms with Crippen molar-refractivity contribution < 1.29 is 19.1 Å². The van der Waals surface area contributed by atoms with E-state index in [0.29, 0.717) is 31.0 Å². The molecule has 108 valence electrons. The van der Waals surface area contributed by atoms with E-state index in [4.69, 9.17) is 9.47 Å². The molecule has 0 radical (unpaired) electrons. The van der Waals surface area contributed by atoms with Gasteiger partial charge in [-0.15, -0.1) is 0 Å². The summed E-state index contributed by atoms with van der Waals surface area (Å²) in [6.07, 6.45) is 0.0636. The van der Waals surface area contributed by atoms with Gasteiger partial charge < -0.3 is 14.4 Å². The van der Waals surface area contributed by atoms with E-state index in [-0.39, 0.29) is 24.4 Å². The lowest BCUT2D eigenvalue weighted by molar-refractivity contribution is -0.140. The second-order valence-electron chi connectivity index (χ2n) is 4.89. The van der Waals surface area contributed by atoms with Crippen molar-refractivity contribution in [1.29, 1.82) is 0 Å². The van der Waals surface area contributed by atoms with Gasteiger partial charge in [0.2, 0.25) is 0 Å². The molecule has 1 aliphatic rings. The third-order valence-electron chi connectivity index (χ3n) is 3.20. The molecule has 5 nitrogen and oxygen atoms in total. The minimum atomic E-state index is -0.0617. The molecular formula is C15H19NO4. The standard InChI is InChI=1S/C15H19NO4/c1-11-9-16(6-7-19-11)15(18)10-20-14-5-3-4-13(8-14)12(2)17/h3-5,8,11H,6-7,9-10H2,1-2H3/t11-/m1/s1. The number of ketones is 1. The number of hydrogen-bond acceptors (Lipinski definition) is 4. The third-order valence-corrected chi connectivity index (χ3v) is 3.20. The molecule has 5 heteroatoms. The lowest BCUT2D eigenvalue weighted by Gasteiger charge is -2.31. The van der Waals surface area contributed by atoms with Gasteiger partial charge in [0.15, 0.2) is 12.4 Å². The lowest BCUT2D eigenvalue weighted by Crippen LogP contribution is -2.46. The summed E-state index contributed by atoms with van der Waals surface area (Å²) in [5, 5.41) is 0. The van der Waals surface area contributed by atoms with Crippen molar-refractivity contribution in [2.24, 2.45) is 0 Å². The number of Topliss-reactive ketones (excluding diaryl/α,β-unsaturated/α-hetero) is 1. The molecule has 0 aromatic heterocycles. The first-order valence-corrected chi connectivity index (χ1v) is 6.69. The Morgan fingerprint density at radius 2 is 2.25 bits per heavy atom. The number of carbonyl (C=O) groups is 2. The topological polar surface area (TPSA) is 55.8 Å². The molecule has 0 spiro atoms. The normalized spacial score (nSPS) is 18.7. The fraction of sp³-hybridized carbons (Fsp3) is 0.467. The molecule has 1 aromatic rings. The number of benzene rings is 1. The fourth-order valence-electron chi connectivity index (χ4n) is 2.09. The fourth-order valence-corrected chi connectivity index (χ4v) is 2.09. The van der Waals surface area contributed by atoms with Crippen molar-refractivity contribution >= 4 is 11.7 Å². The maximum atomic E-state index is 12.0. The number of ether oxygens (including phenoxy) is 2. The number of morpholine rings is 1. The van der Waals surface area contributed by atoms with Crippen LogP contribution in [-0.2, 0) is 9.53 Å². The van der Waals surface area contributed by atoms with Crippen LogP contribution in [0.15, 0.2) is 24.3 Å². The van der Waals surface area contributed by atoms with Crippen LogP contribution >= 0.6 is 0 Å². The van der Waals surface area contributed by atoms with Crippen molar-refractivity contribution in [1.82, 2.24) is 4.90 Å². The molecule has 0 bridgehead atoms. The zero-order chi connectivity index (χ0) is 14.5. The Hall–Kier alpha value is -1.88. The van der Waals surface area contributed by atoms with Crippen LogP contribution in [0.2, 0.25) is 0 Å². The molecule has 2 rings (SSSR count). The summed E-state index contributed by atoms with van der Waals surface area (Å²) < 4.78 is 10.9. The van der Waals surface area contributed by atoms with E-state index in [1.807, 2.05) is 6.92 Å². The van der Waals surface area contributed by atoms with Crippen molar-refractivity contribution in [3.8, 4) is 5.75 Å². The van der Waals surface area contributed by atoms with Crippen LogP contribution in [0.25, 0.3) is 0 Å². The first-order valence-electron chi connectivity index (χ1n) is 6.69. The summed E-state index contributed by atoms with van der Waals surface area (Å²) in [5.74, 6) is 0.449. The monoisotopic (exact) mass is 277 g/mol. The van der Waals surface area contributed by atoms with Crippen molar-refractivity contribution in [3.05, 3.63) is 29.8 Å². The van der Waals surface area contributed by atoms with Crippen LogP contribution in [0, 0.1) is 0 Å². The summed E-state index contributed by atoms with van der Waals surface area (Å²) in [7, 11) is 0. The Morgan fingerprint density at radius 1 is 1.45 bits per heavy atom. The van der Waals surface area contributed by atoms with Crippen LogP contribution in [0.4, 0.5) is 0 Å². The third kappa shape index (κ3) is 3.81. The Bertz CT molecular complexity index is 500. The summed E-state index contributed by atoms with van der Waals surface area (Å²) >= 11 is 0. The van der Waals surface area contributed by atoms with E-state index in [9.17, 15) is 9.59 Å². The van der Waals surface area contributed by atoms with Gasteiger partial charge in [0.1, 0.15) is 5.75 Å². The highest BCUT2D eigenvalue weighted by Crippen LogP contribution is 2.14. The molecule has 0 N–H and O–H groups in total. The highest BCUT2D eigenvalue weighted by Gasteiger charge is 2.21. The van der Waals surface area contributed by atoms with Gasteiger partial charge in [0.05, 0.1) is 12.7 Å². The first-order chi connectivity index (χ1) is 9.56. The Morgan fingerprint density at radius 3 is 2.95 bits per heavy atom. The van der Waals surface area contributed by atoms with Crippen LogP contribution in [-0.4, -0.2) is 49.0 Å². The molecule has 1 fully saturated rings. The average molecular weight is 277 g/mol. The van der Waals surface area contributed by atoms with Gasteiger partial charge in [0, 0.05) is 18.7 Å². The maximum Gasteiger partial charge on any atom is 0.260 e. The van der Waals surface area contributed by atoms with E-state index in [1.54, 1.807) is 29.2 Å². The van der Waals surface area contributed by atoms with Gasteiger partial charge in [-0.3, -0.25) is 9.59 Å². The van der Waals surface area contributed by atoms with E-state index in [2.05, 4.69) is 0 Å². The molecule has 1 aliphatic heterocycles. The highest BCUT2D eigenvalue weighted by atomic mass is 16.5. The van der Waals surface area contributed by atoms with E-state index in [0.717, 1.165) is 0 Å². The second kappa shape index (κ2) is 6.52. The maximum absolute atomic E-state index is 12.0. The number of carbonyl (C=O) groups excluding carboxylic acids is 2. The summed E-state index contributed by atoms with van der Waals surface area (Å²) in [6, 6.07) is 6.85. The van der Waals surface area contributed by atoms with Crippen molar-refractivity contribution in [2.45, 2.75) is 20.0 Å². The molecule has 0 unspecified atom stereocenters. The zero-order valence-corrected chi connectivity index (χ0v) is 11.8. The van der Waals surface area contributed by atoms with Crippen molar-refractivity contribution in [3.63, 3.8) is 0 Å². The van der Waals surface area contributed by atoms with Crippen LogP contribution in [0.5, 0.6) is 5.75 Å². The Labute approximate surface area is 118 Å². The summed E-state index contributed by atoms with van der Waals surface area (Å²) in [4.78, 5) is 25.0. The van der Waals surface area contributed by atoms with Gasteiger partial charge in [-0.05, 0) is 26.0 Å². The zero-order valence-electron chi connectivity index (χ0n) is 11.8. The van der Waals surface area contributed by atoms with Crippen molar-refractivity contribution in [2.75, 3.05) is 26.3 Å². The molecule has 1 saturated heterocycles. The van der Waals surface area contributed by atoms with Gasteiger partial charge >= 0.3 is 0 Å². The molecule has 1 atom stereocenters. The van der Waals surface area contributed by atoms with Crippen LogP contribution < -0.4 is 4.74 Å². The van der Waals surface area contributed by atoms with Gasteiger partial charge in [-0.1, -0.05) is 12.1 Å². The van der Waals surface area contributed by atoms with Gasteiger partial charge in [0.25, 0.3) is 5.91 Å². The quantitative estimate of drug-likeness (QED) is 0.783. The molecule has 1 amide bonds. The highest BCUT2D eigenvalue weighted by molar-refractivity contribution is 5.94. The van der Waals surface area contributed by atoms with Crippen LogP contribution in [0.3, 0.4) is 0 Å². The molecule has 1 aromatic carbocycles. The minimum Gasteiger partial charge on any atom is -0.484 e. The molecule has 20 heavy (non-hydrogen) atoms. The number of nitrogens with zero attached hydrogens (tertiary/aromatic N) is 1. The number of rotatable bonds is 4. The predicted molar refractivity (Wildman–Crippen MR) is 73.9 cm³/mol. The van der Waals surface area contributed by atoms with E-state index < -0.39 is 0 Å². The lowest BCUT2D eigenvalue weighted by atomic mass is 10.1. The van der Waals surface area contributed by atoms with E-state index in [1.165, 1.54) is 6.92 Å². The second-order valence-corrected chi connectivity index (χ2v) is 4.89. The summed E-state index contributed by atoms with van der Waals surface area (Å²) in [5.41, 5.74) is 0.579. The largest absolute Gasteiger partial charge is 0.484 e. The molecule has 0 aliphatic carbocycles. The summed E-state index contributed by atoms with van der Waals surface area (Å²) in [6.45, 7) is 5.17. The number of amides is 1. The smallest absolute Gasteiger partial charge is 0.260 e. The van der Waals surface area contributed by atoms with Gasteiger partial charge in [-0.2, -0.15) is 0 Å². The minimum absolute atomic E-state index is 0.0198. The van der Waals surface area contributed by atoms with E-state index >= 15 is 0 Å². The Kier molecular flexibility index (Phi) is 4.74. The SMILES string of the molecule is CC(=O)c1cccc(OCC(=O)N2CCO[C@H](C)C2)c1. The molecule has 0 saturated carbocycles. The Balaban J connectivity index is 1.89. The van der Waals surface area contributed by atoms with Gasteiger partial charge in [-0.25, -0.2) is 0 Å². The number of hydrogen-bond donors (Lipinski definition) is 0. The first kappa shape index (κ1) is 14.5. The average Bonchev–Trinajstić information content (AvgIpc) is 2.45. The molecule has 1 heterocycles.